The Bertz CT molecular complexity index is 2260. The predicted molar refractivity (Wildman–Crippen MR) is 203 cm³/mol. The van der Waals surface area contributed by atoms with Gasteiger partial charge >= 0.3 is 5.89 Å². The molecule has 9 heteroatoms. The van der Waals surface area contributed by atoms with Crippen LogP contribution in [0.5, 0.6) is 11.5 Å². The molecule has 0 saturated heterocycles. The van der Waals surface area contributed by atoms with Gasteiger partial charge in [0.15, 0.2) is 18.1 Å². The Kier molecular flexibility index (Phi) is 11.5. The zero-order valence-corrected chi connectivity index (χ0v) is 31.1. The third-order valence-electron chi connectivity index (χ3n) is 8.85. The highest BCUT2D eigenvalue weighted by molar-refractivity contribution is 8.03. The fourth-order valence-electron chi connectivity index (χ4n) is 6.15. The molecule has 2 aliphatic rings. The molecular weight excluding hydrogens is 736 g/mol. The number of nitrogens with zero attached hydrogens (tertiary/aromatic N) is 2. The van der Waals surface area contributed by atoms with Crippen LogP contribution in [0.2, 0.25) is 0 Å². The van der Waals surface area contributed by atoms with E-state index in [4.69, 9.17) is 20.3 Å². The number of ether oxygens (including phenoxy) is 2. The van der Waals surface area contributed by atoms with Crippen molar-refractivity contribution in [2.45, 2.75) is 26.5 Å². The number of ketones is 1. The van der Waals surface area contributed by atoms with Gasteiger partial charge in [0, 0.05) is 46.4 Å². The number of benzene rings is 4. The first kappa shape index (κ1) is 36.5. The summed E-state index contributed by atoms with van der Waals surface area (Å²) in [6.45, 7) is 7.14. The summed E-state index contributed by atoms with van der Waals surface area (Å²) in [6, 6.07) is 30.0. The van der Waals surface area contributed by atoms with Crippen LogP contribution in [0.15, 0.2) is 130 Å². The van der Waals surface area contributed by atoms with E-state index < -0.39 is 0 Å². The first-order valence-corrected chi connectivity index (χ1v) is 17.8. The molecule has 0 unspecified atom stereocenters. The van der Waals surface area contributed by atoms with Crippen LogP contribution in [-0.2, 0) is 24.4 Å². The molecule has 4 aromatic carbocycles. The largest absolute Gasteiger partial charge is 1.00 e. The highest BCUT2D eigenvalue weighted by Gasteiger charge is 2.37. The Labute approximate surface area is 318 Å². The molecule has 262 valence electrons. The van der Waals surface area contributed by atoms with Crippen molar-refractivity contribution in [2.24, 2.45) is 0 Å². The average Bonchev–Trinajstić information content (AvgIpc) is 3.69. The maximum Gasteiger partial charge on any atom is 0.375 e. The lowest BCUT2D eigenvalue weighted by molar-refractivity contribution is -0.669. The number of carbonyl (C=O) groups excluding carboxylic acids is 1. The maximum atomic E-state index is 14.0. The second kappa shape index (κ2) is 16.4. The third kappa shape index (κ3) is 7.51. The molecule has 1 N–H and O–H groups in total. The number of rotatable bonds is 13. The van der Waals surface area contributed by atoms with Crippen LogP contribution in [0, 0.1) is 12.3 Å². The lowest BCUT2D eigenvalue weighted by Gasteiger charge is -2.24. The molecular formula is C43H37BrN2O5S. The van der Waals surface area contributed by atoms with Gasteiger partial charge in [-0.15, -0.1) is 18.2 Å². The van der Waals surface area contributed by atoms with E-state index in [0.29, 0.717) is 65.5 Å². The minimum absolute atomic E-state index is 0. The molecule has 0 amide bonds. The van der Waals surface area contributed by atoms with Gasteiger partial charge in [0.1, 0.15) is 12.4 Å². The Morgan fingerprint density at radius 1 is 1.00 bits per heavy atom. The number of aliphatic hydroxyl groups is 1. The number of anilines is 1. The number of hydrogen-bond donors (Lipinski definition) is 1. The van der Waals surface area contributed by atoms with E-state index in [9.17, 15) is 9.90 Å². The van der Waals surface area contributed by atoms with Crippen molar-refractivity contribution in [3.63, 3.8) is 0 Å². The summed E-state index contributed by atoms with van der Waals surface area (Å²) in [5.41, 5.74) is 7.66. The smallest absolute Gasteiger partial charge is 0.375 e. The van der Waals surface area contributed by atoms with Crippen molar-refractivity contribution in [1.82, 2.24) is 0 Å². The zero-order chi connectivity index (χ0) is 35.3. The number of Topliss-reactive ketones (excluding diaryl/α,β-unsaturated/α-hetero) is 1. The number of carbonyl (C=O) groups is 1. The molecule has 1 aliphatic heterocycles. The predicted octanol–water partition coefficient (Wildman–Crippen LogP) is 4.88. The summed E-state index contributed by atoms with van der Waals surface area (Å²) in [5, 5.41) is 9.86. The topological polar surface area (TPSA) is 76.0 Å². The summed E-state index contributed by atoms with van der Waals surface area (Å²) < 4.78 is 20.9. The number of terminal acetylenes is 1. The highest BCUT2D eigenvalue weighted by atomic mass is 79.9. The maximum absolute atomic E-state index is 14.0. The van der Waals surface area contributed by atoms with Crippen LogP contribution in [0.1, 0.15) is 35.1 Å². The Morgan fingerprint density at radius 3 is 2.52 bits per heavy atom. The summed E-state index contributed by atoms with van der Waals surface area (Å²) in [7, 11) is 0. The minimum atomic E-state index is -0.144. The molecule has 52 heavy (non-hydrogen) atoms. The van der Waals surface area contributed by atoms with Crippen LogP contribution < -0.4 is 35.9 Å². The van der Waals surface area contributed by atoms with Gasteiger partial charge in [0.2, 0.25) is 11.5 Å². The Morgan fingerprint density at radius 2 is 1.79 bits per heavy atom. The van der Waals surface area contributed by atoms with Gasteiger partial charge in [-0.25, -0.2) is 0 Å². The standard InChI is InChI=1S/C43H37N2O5S.BrH/c1-4-22-51-43-34(25-40-44(20-21-46)36-18-16-30(6-3)23-38(36)49-40)42(47)35(43)26-41-45(27-31-14-12-29(5-2)13-15-31)37-19-17-33(24-39(37)50-41)48-28-32-10-8-7-9-11-32;/h1,5,7-19,23-26,46H,2,6,20-22,27-28H2,3H3;1H/q+1;/p-1. The van der Waals surface area contributed by atoms with Gasteiger partial charge in [-0.2, -0.15) is 4.57 Å². The van der Waals surface area contributed by atoms with E-state index in [0.717, 1.165) is 44.8 Å². The van der Waals surface area contributed by atoms with Gasteiger partial charge < -0.3 is 40.9 Å². The lowest BCUT2D eigenvalue weighted by atomic mass is 9.89. The molecule has 0 spiro atoms. The second-order valence-corrected chi connectivity index (χ2v) is 13.1. The fourth-order valence-corrected chi connectivity index (χ4v) is 6.99. The molecule has 7 nitrogen and oxygen atoms in total. The van der Waals surface area contributed by atoms with E-state index >= 15 is 0 Å². The van der Waals surface area contributed by atoms with Gasteiger partial charge in [-0.05, 0) is 41.3 Å². The van der Waals surface area contributed by atoms with Gasteiger partial charge in [0.05, 0.1) is 24.1 Å². The van der Waals surface area contributed by atoms with E-state index in [2.05, 4.69) is 36.1 Å². The minimum Gasteiger partial charge on any atom is -1.00 e. The summed E-state index contributed by atoms with van der Waals surface area (Å²) in [6.07, 6.45) is 11.9. The van der Waals surface area contributed by atoms with Crippen molar-refractivity contribution in [3.05, 3.63) is 154 Å². The van der Waals surface area contributed by atoms with Crippen molar-refractivity contribution in [1.29, 1.82) is 0 Å². The molecule has 0 radical (unpaired) electrons. The van der Waals surface area contributed by atoms with E-state index in [1.807, 2.05) is 89.8 Å². The van der Waals surface area contributed by atoms with Gasteiger partial charge in [-0.1, -0.05) is 86.2 Å². The fraction of sp³-hybridized carbons (Fsp3) is 0.163. The summed E-state index contributed by atoms with van der Waals surface area (Å²) >= 11 is 1.42. The van der Waals surface area contributed by atoms with Crippen molar-refractivity contribution < 1.29 is 45.3 Å². The van der Waals surface area contributed by atoms with Crippen molar-refractivity contribution in [3.8, 4) is 23.8 Å². The molecule has 0 saturated carbocycles. The number of aromatic nitrogens is 1. The zero-order valence-electron chi connectivity index (χ0n) is 28.7. The molecule has 5 aromatic rings. The third-order valence-corrected chi connectivity index (χ3v) is 9.89. The number of β-amino-alcohol motifs (C(OH)–C–C–N with tert-alkyl or cyclic N) is 1. The average molecular weight is 774 g/mol. The number of oxazole rings is 1. The Balaban J connectivity index is 0.00000464. The number of fused-ring (bicyclic) bond motifs is 2. The number of aryl methyl sites for hydroxylation is 1. The summed E-state index contributed by atoms with van der Waals surface area (Å²) in [5.74, 6) is 5.30. The molecule has 2 heterocycles. The van der Waals surface area contributed by atoms with Crippen LogP contribution in [0.25, 0.3) is 23.3 Å². The first-order chi connectivity index (χ1) is 25.0. The number of hydrogen-bond acceptors (Lipinski definition) is 7. The second-order valence-electron chi connectivity index (χ2n) is 12.1. The molecule has 1 aromatic heterocycles. The molecule has 0 fully saturated rings. The number of halogens is 1. The van der Waals surface area contributed by atoms with E-state index in [-0.39, 0.29) is 29.4 Å². The molecule has 0 bridgehead atoms. The number of thioether (sulfide) groups is 1. The van der Waals surface area contributed by atoms with Crippen LogP contribution in [0.4, 0.5) is 5.69 Å². The number of aliphatic hydroxyl groups excluding tert-OH is 1. The van der Waals surface area contributed by atoms with E-state index in [1.54, 1.807) is 12.2 Å². The quantitative estimate of drug-likeness (QED) is 0.104. The van der Waals surface area contributed by atoms with Gasteiger partial charge in [-0.3, -0.25) is 4.79 Å². The molecule has 7 rings (SSSR count). The van der Waals surface area contributed by atoms with E-state index in [1.165, 1.54) is 11.8 Å². The monoisotopic (exact) mass is 772 g/mol. The summed E-state index contributed by atoms with van der Waals surface area (Å²) in [4.78, 5) is 16.6. The first-order valence-electron chi connectivity index (χ1n) is 16.8. The highest BCUT2D eigenvalue weighted by Crippen LogP contribution is 2.44. The van der Waals surface area contributed by atoms with Crippen molar-refractivity contribution in [2.75, 3.05) is 23.8 Å². The normalized spacial score (nSPS) is 14.9. The molecule has 1 aliphatic carbocycles. The SMILES string of the molecule is C#CCSC1=C(/C=C2/Oc3cc(CC)ccc3N2CCO)C(=O)/C1=C/c1oc2cc(OCc3ccccc3)ccc2[n+]1Cc1ccc(C=C)cc1.[Br-]. The van der Waals surface area contributed by atoms with Crippen LogP contribution in [-0.4, -0.2) is 29.8 Å². The Hall–Kier alpha value is -5.27. The van der Waals surface area contributed by atoms with Crippen LogP contribution in [0.3, 0.4) is 0 Å². The number of allylic oxidation sites excluding steroid dienone is 3. The van der Waals surface area contributed by atoms with Crippen molar-refractivity contribution >= 4 is 46.5 Å². The van der Waals surface area contributed by atoms with Gasteiger partial charge in [0.25, 0.3) is 5.52 Å². The van der Waals surface area contributed by atoms with Crippen LogP contribution >= 0.6 is 11.8 Å². The molecule has 0 atom stereocenters. The lowest BCUT2D eigenvalue weighted by Crippen LogP contribution is -3.00.